The largest absolute Gasteiger partial charge is 0.507 e. The summed E-state index contributed by atoms with van der Waals surface area (Å²) in [5, 5.41) is 19.7. The number of carbonyl (C=O) groups is 1. The molecule has 0 aliphatic heterocycles. The van der Waals surface area contributed by atoms with Crippen molar-refractivity contribution in [1.82, 2.24) is 20.1 Å². The Hall–Kier alpha value is -2.44. The zero-order valence-corrected chi connectivity index (χ0v) is 10.3. The van der Waals surface area contributed by atoms with Crippen molar-refractivity contribution in [2.75, 3.05) is 0 Å². The van der Waals surface area contributed by atoms with Crippen molar-refractivity contribution in [2.45, 2.75) is 20.0 Å². The molecule has 2 aromatic rings. The monoisotopic (exact) mass is 264 g/mol. The Morgan fingerprint density at radius 3 is 3.00 bits per heavy atom. The molecule has 100 valence electrons. The number of benzene rings is 1. The summed E-state index contributed by atoms with van der Waals surface area (Å²) >= 11 is 0. The summed E-state index contributed by atoms with van der Waals surface area (Å²) in [5.41, 5.74) is 0.0176. The van der Waals surface area contributed by atoms with Gasteiger partial charge in [0.25, 0.3) is 5.91 Å². The van der Waals surface area contributed by atoms with Gasteiger partial charge in [0.2, 0.25) is 0 Å². The smallest absolute Gasteiger partial charge is 0.255 e. The molecule has 1 heterocycles. The number of aryl methyl sites for hydroxylation is 1. The van der Waals surface area contributed by atoms with Crippen molar-refractivity contribution >= 4 is 5.91 Å². The first-order valence-corrected chi connectivity index (χ1v) is 5.75. The van der Waals surface area contributed by atoms with Crippen LogP contribution in [0, 0.1) is 5.82 Å². The highest BCUT2D eigenvalue weighted by molar-refractivity contribution is 5.96. The van der Waals surface area contributed by atoms with Crippen LogP contribution in [0.2, 0.25) is 0 Å². The molecule has 1 aromatic heterocycles. The fraction of sp³-hybridized carbons (Fsp3) is 0.250. The van der Waals surface area contributed by atoms with Crippen LogP contribution < -0.4 is 5.32 Å². The van der Waals surface area contributed by atoms with Gasteiger partial charge >= 0.3 is 0 Å². The maximum absolute atomic E-state index is 12.8. The number of nitrogens with one attached hydrogen (secondary N) is 1. The number of rotatable bonds is 4. The molecular weight excluding hydrogens is 251 g/mol. The summed E-state index contributed by atoms with van der Waals surface area (Å²) in [6.45, 7) is 2.81. The van der Waals surface area contributed by atoms with E-state index in [-0.39, 0.29) is 12.1 Å². The molecule has 0 radical (unpaired) electrons. The molecule has 0 atom stereocenters. The average Bonchev–Trinajstić information content (AvgIpc) is 2.83. The van der Waals surface area contributed by atoms with Crippen LogP contribution in [-0.4, -0.2) is 25.8 Å². The van der Waals surface area contributed by atoms with E-state index in [1.165, 1.54) is 6.07 Å². The Labute approximate surface area is 108 Å². The maximum Gasteiger partial charge on any atom is 0.255 e. The minimum Gasteiger partial charge on any atom is -0.507 e. The van der Waals surface area contributed by atoms with Gasteiger partial charge in [0.05, 0.1) is 12.1 Å². The summed E-state index contributed by atoms with van der Waals surface area (Å²) in [6.07, 6.45) is 1.57. The van der Waals surface area contributed by atoms with Crippen LogP contribution in [0.5, 0.6) is 5.75 Å². The van der Waals surface area contributed by atoms with Gasteiger partial charge in [-0.25, -0.2) is 4.39 Å². The zero-order valence-electron chi connectivity index (χ0n) is 10.3. The van der Waals surface area contributed by atoms with Crippen LogP contribution in [-0.2, 0) is 13.1 Å². The number of phenols is 1. The summed E-state index contributed by atoms with van der Waals surface area (Å²) in [7, 11) is 0. The fourth-order valence-electron chi connectivity index (χ4n) is 1.63. The Morgan fingerprint density at radius 1 is 1.53 bits per heavy atom. The van der Waals surface area contributed by atoms with Crippen molar-refractivity contribution in [3.8, 4) is 5.75 Å². The van der Waals surface area contributed by atoms with E-state index in [0.717, 1.165) is 12.1 Å². The molecular formula is C12H13FN4O2. The van der Waals surface area contributed by atoms with E-state index in [1.54, 1.807) is 10.9 Å². The van der Waals surface area contributed by atoms with Crippen molar-refractivity contribution in [3.63, 3.8) is 0 Å². The highest BCUT2D eigenvalue weighted by Gasteiger charge is 2.12. The van der Waals surface area contributed by atoms with Crippen molar-refractivity contribution in [3.05, 3.63) is 41.7 Å². The van der Waals surface area contributed by atoms with E-state index in [2.05, 4.69) is 15.5 Å². The van der Waals surface area contributed by atoms with Crippen molar-refractivity contribution in [2.24, 2.45) is 0 Å². The van der Waals surface area contributed by atoms with Crippen LogP contribution in [0.4, 0.5) is 4.39 Å². The lowest BCUT2D eigenvalue weighted by atomic mass is 10.2. The summed E-state index contributed by atoms with van der Waals surface area (Å²) < 4.78 is 14.6. The number of halogens is 1. The van der Waals surface area contributed by atoms with Gasteiger partial charge in [-0.2, -0.15) is 0 Å². The summed E-state index contributed by atoms with van der Waals surface area (Å²) in [5.74, 6) is -0.880. The molecule has 6 nitrogen and oxygen atoms in total. The molecule has 0 saturated heterocycles. The number of aromatic hydroxyl groups is 1. The lowest BCUT2D eigenvalue weighted by Gasteiger charge is -2.07. The van der Waals surface area contributed by atoms with Crippen LogP contribution >= 0.6 is 0 Å². The van der Waals surface area contributed by atoms with E-state index in [9.17, 15) is 14.3 Å². The first-order valence-electron chi connectivity index (χ1n) is 5.75. The third kappa shape index (κ3) is 2.87. The third-order valence-corrected chi connectivity index (χ3v) is 2.65. The normalized spacial score (nSPS) is 10.4. The van der Waals surface area contributed by atoms with E-state index >= 15 is 0 Å². The number of hydrogen-bond acceptors (Lipinski definition) is 4. The van der Waals surface area contributed by atoms with Crippen LogP contribution in [0.1, 0.15) is 23.1 Å². The van der Waals surface area contributed by atoms with E-state index in [0.29, 0.717) is 12.4 Å². The zero-order chi connectivity index (χ0) is 13.8. The van der Waals surface area contributed by atoms with Gasteiger partial charge in [0, 0.05) is 12.6 Å². The molecule has 1 aromatic carbocycles. The molecule has 2 rings (SSSR count). The Morgan fingerprint density at radius 2 is 2.32 bits per heavy atom. The van der Waals surface area contributed by atoms with Gasteiger partial charge in [-0.1, -0.05) is 0 Å². The lowest BCUT2D eigenvalue weighted by molar-refractivity contribution is 0.0946. The van der Waals surface area contributed by atoms with Gasteiger partial charge in [0.1, 0.15) is 17.9 Å². The third-order valence-electron chi connectivity index (χ3n) is 2.65. The number of carbonyl (C=O) groups excluding carboxylic acids is 1. The molecule has 0 spiro atoms. The molecule has 1 amide bonds. The molecule has 7 heteroatoms. The number of amides is 1. The van der Waals surface area contributed by atoms with Gasteiger partial charge < -0.3 is 15.0 Å². The number of hydrogen-bond donors (Lipinski definition) is 2. The molecule has 0 aliphatic carbocycles. The molecule has 0 fully saturated rings. The van der Waals surface area contributed by atoms with E-state index in [1.807, 2.05) is 6.92 Å². The quantitative estimate of drug-likeness (QED) is 0.865. The van der Waals surface area contributed by atoms with Gasteiger partial charge in [-0.3, -0.25) is 4.79 Å². The van der Waals surface area contributed by atoms with E-state index < -0.39 is 17.5 Å². The van der Waals surface area contributed by atoms with E-state index in [4.69, 9.17) is 0 Å². The van der Waals surface area contributed by atoms with Crippen LogP contribution in [0.3, 0.4) is 0 Å². The Bertz CT molecular complexity index is 597. The lowest BCUT2D eigenvalue weighted by Crippen LogP contribution is -2.24. The first-order chi connectivity index (χ1) is 9.11. The second-order valence-electron chi connectivity index (χ2n) is 3.88. The van der Waals surface area contributed by atoms with Gasteiger partial charge in [0.15, 0.2) is 5.82 Å². The van der Waals surface area contributed by atoms with Gasteiger partial charge in [-0.15, -0.1) is 10.2 Å². The van der Waals surface area contributed by atoms with Crippen molar-refractivity contribution < 1.29 is 14.3 Å². The standard InChI is InChI=1S/C12H13FN4O2/c1-2-17-7-15-16-11(17)6-14-12(19)9-4-3-8(13)5-10(9)18/h3-5,7,18H,2,6H2,1H3,(H,14,19). The molecule has 19 heavy (non-hydrogen) atoms. The summed E-state index contributed by atoms with van der Waals surface area (Å²) in [4.78, 5) is 11.8. The predicted octanol–water partition coefficient (Wildman–Crippen LogP) is 1.07. The molecule has 0 aliphatic rings. The highest BCUT2D eigenvalue weighted by Crippen LogP contribution is 2.17. The average molecular weight is 264 g/mol. The minimum absolute atomic E-state index is 0.0176. The summed E-state index contributed by atoms with van der Waals surface area (Å²) in [6, 6.07) is 3.23. The van der Waals surface area contributed by atoms with Gasteiger partial charge in [-0.05, 0) is 19.1 Å². The Kier molecular flexibility index (Phi) is 3.74. The molecule has 0 unspecified atom stereocenters. The molecule has 0 bridgehead atoms. The second kappa shape index (κ2) is 5.47. The minimum atomic E-state index is -0.597. The maximum atomic E-state index is 12.8. The SMILES string of the molecule is CCn1cnnc1CNC(=O)c1ccc(F)cc1O. The first kappa shape index (κ1) is 13.0. The number of aromatic nitrogens is 3. The van der Waals surface area contributed by atoms with Crippen LogP contribution in [0.25, 0.3) is 0 Å². The molecule has 0 saturated carbocycles. The second-order valence-corrected chi connectivity index (χ2v) is 3.88. The predicted molar refractivity (Wildman–Crippen MR) is 64.9 cm³/mol. The topological polar surface area (TPSA) is 80.0 Å². The molecule has 2 N–H and O–H groups in total. The van der Waals surface area contributed by atoms with Crippen LogP contribution in [0.15, 0.2) is 24.5 Å². The Balaban J connectivity index is 2.05. The number of nitrogens with zero attached hydrogens (tertiary/aromatic N) is 3. The van der Waals surface area contributed by atoms with Crippen molar-refractivity contribution in [1.29, 1.82) is 0 Å². The fourth-order valence-corrected chi connectivity index (χ4v) is 1.63. The number of phenolic OH excluding ortho intramolecular Hbond substituents is 1. The highest BCUT2D eigenvalue weighted by atomic mass is 19.1.